The van der Waals surface area contributed by atoms with Crippen molar-refractivity contribution >= 4 is 46.8 Å². The monoisotopic (exact) mass is 635 g/mol. The average Bonchev–Trinajstić information content (AvgIpc) is 3.40. The second kappa shape index (κ2) is 14.4. The minimum absolute atomic E-state index is 0.0897. The molecule has 1 aromatic heterocycles. The third-order valence-corrected chi connectivity index (χ3v) is 9.44. The van der Waals surface area contributed by atoms with Crippen molar-refractivity contribution < 1.29 is 9.59 Å². The highest BCUT2D eigenvalue weighted by Crippen LogP contribution is 2.27. The Labute approximate surface area is 267 Å². The fourth-order valence-electron chi connectivity index (χ4n) is 5.32. The van der Waals surface area contributed by atoms with E-state index < -0.39 is 0 Å². The van der Waals surface area contributed by atoms with Crippen molar-refractivity contribution in [3.63, 3.8) is 0 Å². The number of aromatic nitrogens is 3. The Hall–Kier alpha value is -3.33. The number of carbonyl (C=O) groups is 2. The van der Waals surface area contributed by atoms with E-state index in [0.717, 1.165) is 40.8 Å². The van der Waals surface area contributed by atoms with Gasteiger partial charge in [0.05, 0.1) is 15.7 Å². The second-order valence-electron chi connectivity index (χ2n) is 10.8. The first kappa shape index (κ1) is 31.1. The number of thioether (sulfide) groups is 1. The van der Waals surface area contributed by atoms with Crippen molar-refractivity contribution in [3.05, 3.63) is 105 Å². The highest BCUT2D eigenvalue weighted by Gasteiger charge is 2.30. The van der Waals surface area contributed by atoms with Crippen molar-refractivity contribution in [2.45, 2.75) is 50.7 Å². The molecule has 1 saturated heterocycles. The van der Waals surface area contributed by atoms with Crippen molar-refractivity contribution in [1.82, 2.24) is 24.6 Å². The zero-order valence-electron chi connectivity index (χ0n) is 24.4. The van der Waals surface area contributed by atoms with Crippen LogP contribution in [0.5, 0.6) is 0 Å². The predicted molar refractivity (Wildman–Crippen MR) is 173 cm³/mol. The molecule has 3 aromatic carbocycles. The van der Waals surface area contributed by atoms with Crippen LogP contribution in [0.25, 0.3) is 5.69 Å². The highest BCUT2D eigenvalue weighted by molar-refractivity contribution is 7.99. The van der Waals surface area contributed by atoms with Gasteiger partial charge in [0.2, 0.25) is 5.91 Å². The molecular formula is C33H35Cl2N5O2S. The van der Waals surface area contributed by atoms with Crippen molar-refractivity contribution in [1.29, 1.82) is 0 Å². The van der Waals surface area contributed by atoms with Crippen LogP contribution in [0, 0.1) is 6.92 Å². The molecule has 1 aliphatic rings. The molecular weight excluding hydrogens is 601 g/mol. The van der Waals surface area contributed by atoms with Gasteiger partial charge in [0.25, 0.3) is 5.91 Å². The molecule has 0 bridgehead atoms. The molecule has 1 unspecified atom stereocenters. The number of nitrogens with zero attached hydrogens (tertiary/aromatic N) is 5. The number of hydrogen-bond donors (Lipinski definition) is 0. The summed E-state index contributed by atoms with van der Waals surface area (Å²) in [5.74, 6) is 1.78. The Morgan fingerprint density at radius 3 is 2.44 bits per heavy atom. The fraction of sp³-hybridized carbons (Fsp3) is 0.333. The number of amides is 2. The molecule has 1 aliphatic heterocycles. The van der Waals surface area contributed by atoms with Gasteiger partial charge in [0.1, 0.15) is 5.82 Å². The number of halogens is 2. The SMILES string of the molecule is Cc1ccccc1-n1c(Cc2ccccc2)nnc1SCCCCC(=O)N1CCN(C(=O)c2ccc(Cl)c(Cl)c2)C(C)C1. The number of piperazine rings is 1. The number of para-hydroxylation sites is 1. The third-order valence-electron chi connectivity index (χ3n) is 7.69. The lowest BCUT2D eigenvalue weighted by molar-refractivity contribution is -0.133. The molecule has 4 aromatic rings. The Morgan fingerprint density at radius 1 is 0.930 bits per heavy atom. The minimum Gasteiger partial charge on any atom is -0.339 e. The third kappa shape index (κ3) is 7.61. The Kier molecular flexibility index (Phi) is 10.4. The van der Waals surface area contributed by atoms with Gasteiger partial charge < -0.3 is 9.80 Å². The van der Waals surface area contributed by atoms with Crippen LogP contribution < -0.4 is 0 Å². The number of benzene rings is 3. The maximum Gasteiger partial charge on any atom is 0.254 e. The van der Waals surface area contributed by atoms with Gasteiger partial charge in [-0.15, -0.1) is 10.2 Å². The number of rotatable bonds is 10. The van der Waals surface area contributed by atoms with Crippen LogP contribution >= 0.6 is 35.0 Å². The molecule has 0 aliphatic carbocycles. The average molecular weight is 637 g/mol. The molecule has 2 amide bonds. The quantitative estimate of drug-likeness (QED) is 0.137. The molecule has 0 N–H and O–H groups in total. The molecule has 0 saturated carbocycles. The van der Waals surface area contributed by atoms with Crippen LogP contribution in [0.4, 0.5) is 0 Å². The van der Waals surface area contributed by atoms with Crippen LogP contribution in [0.15, 0.2) is 78.0 Å². The van der Waals surface area contributed by atoms with Gasteiger partial charge in [0, 0.05) is 49.8 Å². The molecule has 43 heavy (non-hydrogen) atoms. The summed E-state index contributed by atoms with van der Waals surface area (Å²) in [6, 6.07) is 23.4. The van der Waals surface area contributed by atoms with Gasteiger partial charge in [-0.25, -0.2) is 0 Å². The van der Waals surface area contributed by atoms with Gasteiger partial charge in [-0.05, 0) is 62.1 Å². The standard InChI is InChI=1S/C33H35Cl2N5O2S/c1-23-10-6-7-13-29(23)40-30(20-25-11-4-3-5-12-25)36-37-33(40)43-19-9-8-14-31(41)38-17-18-39(24(2)22-38)32(42)26-15-16-27(34)28(35)21-26/h3-7,10-13,15-16,21,24H,8-9,14,17-20,22H2,1-2H3. The van der Waals surface area contributed by atoms with Crippen LogP contribution in [0.2, 0.25) is 10.0 Å². The topological polar surface area (TPSA) is 71.3 Å². The molecule has 10 heteroatoms. The van der Waals surface area contributed by atoms with Crippen molar-refractivity contribution in [2.24, 2.45) is 0 Å². The summed E-state index contributed by atoms with van der Waals surface area (Å²) < 4.78 is 2.16. The summed E-state index contributed by atoms with van der Waals surface area (Å²) >= 11 is 13.8. The Morgan fingerprint density at radius 2 is 1.70 bits per heavy atom. The summed E-state index contributed by atoms with van der Waals surface area (Å²) in [6.45, 7) is 5.61. The number of hydrogen-bond acceptors (Lipinski definition) is 5. The molecule has 2 heterocycles. The van der Waals surface area contributed by atoms with Crippen molar-refractivity contribution in [3.8, 4) is 5.69 Å². The van der Waals surface area contributed by atoms with E-state index in [4.69, 9.17) is 23.2 Å². The predicted octanol–water partition coefficient (Wildman–Crippen LogP) is 7.11. The van der Waals surface area contributed by atoms with Crippen LogP contribution in [-0.4, -0.2) is 67.8 Å². The van der Waals surface area contributed by atoms with Gasteiger partial charge in [-0.2, -0.15) is 0 Å². The Balaban J connectivity index is 1.12. The van der Waals surface area contributed by atoms with E-state index >= 15 is 0 Å². The van der Waals surface area contributed by atoms with Gasteiger partial charge in [0.15, 0.2) is 5.16 Å². The van der Waals surface area contributed by atoms with E-state index in [9.17, 15) is 9.59 Å². The second-order valence-corrected chi connectivity index (χ2v) is 12.7. The maximum absolute atomic E-state index is 13.0. The molecule has 5 rings (SSSR count). The first-order chi connectivity index (χ1) is 20.8. The molecule has 1 atom stereocenters. The van der Waals surface area contributed by atoms with E-state index in [2.05, 4.69) is 46.0 Å². The largest absolute Gasteiger partial charge is 0.339 e. The van der Waals surface area contributed by atoms with E-state index in [1.54, 1.807) is 34.9 Å². The summed E-state index contributed by atoms with van der Waals surface area (Å²) in [7, 11) is 0. The molecule has 1 fully saturated rings. The van der Waals surface area contributed by atoms with Gasteiger partial charge in [-0.1, -0.05) is 83.5 Å². The number of aryl methyl sites for hydroxylation is 1. The molecule has 0 spiro atoms. The lowest BCUT2D eigenvalue weighted by Gasteiger charge is -2.40. The lowest BCUT2D eigenvalue weighted by Crippen LogP contribution is -2.55. The Bertz CT molecular complexity index is 1580. The first-order valence-electron chi connectivity index (χ1n) is 14.5. The number of carbonyl (C=O) groups excluding carboxylic acids is 2. The summed E-state index contributed by atoms with van der Waals surface area (Å²) in [4.78, 5) is 29.7. The van der Waals surface area contributed by atoms with E-state index in [1.165, 1.54) is 5.56 Å². The van der Waals surface area contributed by atoms with Crippen molar-refractivity contribution in [2.75, 3.05) is 25.4 Å². The van der Waals surface area contributed by atoms with Crippen LogP contribution in [-0.2, 0) is 11.2 Å². The summed E-state index contributed by atoms with van der Waals surface area (Å²) in [6.07, 6.45) is 2.86. The smallest absolute Gasteiger partial charge is 0.254 e. The minimum atomic E-state index is -0.0966. The fourth-order valence-corrected chi connectivity index (χ4v) is 6.58. The van der Waals surface area contributed by atoms with Gasteiger partial charge >= 0.3 is 0 Å². The summed E-state index contributed by atoms with van der Waals surface area (Å²) in [5, 5.41) is 10.8. The molecule has 7 nitrogen and oxygen atoms in total. The van der Waals surface area contributed by atoms with Gasteiger partial charge in [-0.3, -0.25) is 14.2 Å². The summed E-state index contributed by atoms with van der Waals surface area (Å²) in [5.41, 5.74) is 3.94. The van der Waals surface area contributed by atoms with E-state index in [-0.39, 0.29) is 17.9 Å². The molecule has 0 radical (unpaired) electrons. The number of unbranched alkanes of at least 4 members (excludes halogenated alkanes) is 1. The van der Waals surface area contributed by atoms with E-state index in [0.29, 0.717) is 48.1 Å². The normalized spacial score (nSPS) is 15.1. The van der Waals surface area contributed by atoms with Crippen LogP contribution in [0.3, 0.4) is 0 Å². The maximum atomic E-state index is 13.0. The zero-order valence-corrected chi connectivity index (χ0v) is 26.7. The highest BCUT2D eigenvalue weighted by atomic mass is 35.5. The molecule has 224 valence electrons. The van der Waals surface area contributed by atoms with Crippen LogP contribution in [0.1, 0.15) is 53.5 Å². The first-order valence-corrected chi connectivity index (χ1v) is 16.3. The lowest BCUT2D eigenvalue weighted by atomic mass is 10.1. The zero-order chi connectivity index (χ0) is 30.3. The van der Waals surface area contributed by atoms with E-state index in [1.807, 2.05) is 42.2 Å².